The highest BCUT2D eigenvalue weighted by Gasteiger charge is 2.28. The monoisotopic (exact) mass is 236 g/mol. The van der Waals surface area contributed by atoms with E-state index in [1.165, 1.54) is 58.3 Å². The molecule has 1 unspecified atom stereocenters. The second kappa shape index (κ2) is 6.01. The Morgan fingerprint density at radius 3 is 2.71 bits per heavy atom. The van der Waals surface area contributed by atoms with Gasteiger partial charge in [0.25, 0.3) is 0 Å². The fraction of sp³-hybridized carbons (Fsp3) is 0.867. The summed E-state index contributed by atoms with van der Waals surface area (Å²) in [7, 11) is 2.24. The molecule has 1 aliphatic carbocycles. The lowest BCUT2D eigenvalue weighted by atomic mass is 9.80. The van der Waals surface area contributed by atoms with Gasteiger partial charge in [0.15, 0.2) is 0 Å². The number of allylic oxidation sites excluding steroid dienone is 2. The molecule has 1 fully saturated rings. The van der Waals surface area contributed by atoms with Crippen LogP contribution in [0.5, 0.6) is 0 Å². The van der Waals surface area contributed by atoms with E-state index in [4.69, 9.17) is 0 Å². The molecular formula is C15H28N2. The van der Waals surface area contributed by atoms with Crippen molar-refractivity contribution in [1.29, 1.82) is 0 Å². The van der Waals surface area contributed by atoms with Gasteiger partial charge in [-0.1, -0.05) is 19.1 Å². The average molecular weight is 236 g/mol. The molecule has 0 bridgehead atoms. The second-order valence-corrected chi connectivity index (χ2v) is 6.40. The van der Waals surface area contributed by atoms with Gasteiger partial charge in [-0.05, 0) is 70.1 Å². The van der Waals surface area contributed by atoms with Gasteiger partial charge >= 0.3 is 0 Å². The minimum absolute atomic E-state index is 0.539. The minimum atomic E-state index is 0.539. The van der Waals surface area contributed by atoms with Crippen molar-refractivity contribution in [2.75, 3.05) is 33.2 Å². The Hall–Kier alpha value is -0.340. The molecule has 98 valence electrons. The highest BCUT2D eigenvalue weighted by atomic mass is 15.1. The van der Waals surface area contributed by atoms with Crippen molar-refractivity contribution in [3.63, 3.8) is 0 Å². The van der Waals surface area contributed by atoms with E-state index < -0.39 is 0 Å². The molecule has 0 saturated carbocycles. The first-order chi connectivity index (χ1) is 8.18. The van der Waals surface area contributed by atoms with E-state index in [-0.39, 0.29) is 0 Å². The molecule has 2 rings (SSSR count). The van der Waals surface area contributed by atoms with E-state index in [0.29, 0.717) is 5.41 Å². The first-order valence-corrected chi connectivity index (χ1v) is 7.22. The molecule has 2 heteroatoms. The van der Waals surface area contributed by atoms with Gasteiger partial charge in [-0.25, -0.2) is 0 Å². The van der Waals surface area contributed by atoms with Crippen LogP contribution < -0.4 is 5.32 Å². The maximum atomic E-state index is 3.73. The zero-order valence-corrected chi connectivity index (χ0v) is 11.5. The van der Waals surface area contributed by atoms with Gasteiger partial charge in [-0.2, -0.15) is 0 Å². The van der Waals surface area contributed by atoms with Crippen LogP contribution in [-0.4, -0.2) is 38.1 Å². The molecule has 1 atom stereocenters. The SMILES string of the molecule is CN1CCC(C)(CNCC2CC=CCC2)CC1. The molecule has 1 saturated heterocycles. The van der Waals surface area contributed by atoms with Crippen LogP contribution in [0.2, 0.25) is 0 Å². The Morgan fingerprint density at radius 2 is 2.06 bits per heavy atom. The molecule has 2 aliphatic rings. The maximum Gasteiger partial charge on any atom is 0.000623 e. The highest BCUT2D eigenvalue weighted by Crippen LogP contribution is 2.29. The Morgan fingerprint density at radius 1 is 1.29 bits per heavy atom. The Kier molecular flexibility index (Phi) is 4.63. The first-order valence-electron chi connectivity index (χ1n) is 7.22. The van der Waals surface area contributed by atoms with E-state index in [9.17, 15) is 0 Å². The summed E-state index contributed by atoms with van der Waals surface area (Å²) >= 11 is 0. The van der Waals surface area contributed by atoms with Crippen LogP contribution in [0.25, 0.3) is 0 Å². The van der Waals surface area contributed by atoms with Crippen molar-refractivity contribution in [2.45, 2.75) is 39.0 Å². The standard InChI is InChI=1S/C15H28N2/c1-15(8-10-17(2)11-9-15)13-16-12-14-6-4-3-5-7-14/h3-4,14,16H,5-13H2,1-2H3. The molecule has 1 aliphatic heterocycles. The van der Waals surface area contributed by atoms with Crippen molar-refractivity contribution in [3.05, 3.63) is 12.2 Å². The molecular weight excluding hydrogens is 208 g/mol. The van der Waals surface area contributed by atoms with Crippen molar-refractivity contribution in [1.82, 2.24) is 10.2 Å². The van der Waals surface area contributed by atoms with Gasteiger partial charge in [0, 0.05) is 6.54 Å². The smallest absolute Gasteiger partial charge is 0.000623 e. The summed E-state index contributed by atoms with van der Waals surface area (Å²) < 4.78 is 0. The summed E-state index contributed by atoms with van der Waals surface area (Å²) in [5, 5.41) is 3.73. The average Bonchev–Trinajstić information content (AvgIpc) is 2.35. The van der Waals surface area contributed by atoms with E-state index in [1.807, 2.05) is 0 Å². The molecule has 0 amide bonds. The van der Waals surface area contributed by atoms with Gasteiger partial charge in [0.1, 0.15) is 0 Å². The molecule has 0 aromatic heterocycles. The van der Waals surface area contributed by atoms with Crippen LogP contribution in [0.1, 0.15) is 39.0 Å². The predicted molar refractivity (Wildman–Crippen MR) is 74.2 cm³/mol. The molecule has 1 heterocycles. The quantitative estimate of drug-likeness (QED) is 0.755. The summed E-state index contributed by atoms with van der Waals surface area (Å²) in [6.45, 7) is 7.42. The number of nitrogens with zero attached hydrogens (tertiary/aromatic N) is 1. The predicted octanol–water partition coefficient (Wildman–Crippen LogP) is 2.66. The van der Waals surface area contributed by atoms with Gasteiger partial charge < -0.3 is 10.2 Å². The number of nitrogens with one attached hydrogen (secondary N) is 1. The van der Waals surface area contributed by atoms with E-state index in [1.54, 1.807) is 0 Å². The highest BCUT2D eigenvalue weighted by molar-refractivity contribution is 4.91. The third-order valence-electron chi connectivity index (χ3n) is 4.56. The first kappa shape index (κ1) is 13.1. The third-order valence-corrected chi connectivity index (χ3v) is 4.56. The number of rotatable bonds is 4. The van der Waals surface area contributed by atoms with Gasteiger partial charge in [0.2, 0.25) is 0 Å². The van der Waals surface area contributed by atoms with Crippen molar-refractivity contribution < 1.29 is 0 Å². The number of hydrogen-bond acceptors (Lipinski definition) is 2. The minimum Gasteiger partial charge on any atom is -0.316 e. The number of likely N-dealkylation sites (tertiary alicyclic amines) is 1. The Bertz CT molecular complexity index is 252. The third kappa shape index (κ3) is 4.11. The molecule has 1 N–H and O–H groups in total. The fourth-order valence-electron chi connectivity index (χ4n) is 2.95. The summed E-state index contributed by atoms with van der Waals surface area (Å²) in [4.78, 5) is 2.45. The second-order valence-electron chi connectivity index (χ2n) is 6.40. The zero-order valence-electron chi connectivity index (χ0n) is 11.5. The molecule has 0 spiro atoms. The maximum absolute atomic E-state index is 3.73. The summed E-state index contributed by atoms with van der Waals surface area (Å²) in [5.41, 5.74) is 0.539. The molecule has 17 heavy (non-hydrogen) atoms. The lowest BCUT2D eigenvalue weighted by Crippen LogP contribution is -2.43. The largest absolute Gasteiger partial charge is 0.316 e. The van der Waals surface area contributed by atoms with E-state index in [0.717, 1.165) is 5.92 Å². The molecule has 0 radical (unpaired) electrons. The molecule has 0 aromatic rings. The van der Waals surface area contributed by atoms with E-state index >= 15 is 0 Å². The van der Waals surface area contributed by atoms with Crippen LogP contribution in [-0.2, 0) is 0 Å². The van der Waals surface area contributed by atoms with E-state index in [2.05, 4.69) is 36.3 Å². The number of hydrogen-bond donors (Lipinski definition) is 1. The Labute approximate surface area is 106 Å². The van der Waals surface area contributed by atoms with Crippen LogP contribution in [0, 0.1) is 11.3 Å². The molecule has 0 aromatic carbocycles. The van der Waals surface area contributed by atoms with Crippen LogP contribution in [0.15, 0.2) is 12.2 Å². The summed E-state index contributed by atoms with van der Waals surface area (Å²) in [6, 6.07) is 0. The zero-order chi connectivity index (χ0) is 12.1. The van der Waals surface area contributed by atoms with Crippen molar-refractivity contribution in [2.24, 2.45) is 11.3 Å². The normalized spacial score (nSPS) is 29.4. The van der Waals surface area contributed by atoms with Crippen molar-refractivity contribution in [3.8, 4) is 0 Å². The topological polar surface area (TPSA) is 15.3 Å². The van der Waals surface area contributed by atoms with Crippen LogP contribution >= 0.6 is 0 Å². The summed E-state index contributed by atoms with van der Waals surface area (Å²) in [5.74, 6) is 0.884. The van der Waals surface area contributed by atoms with Crippen molar-refractivity contribution >= 4 is 0 Å². The lowest BCUT2D eigenvalue weighted by molar-refractivity contribution is 0.135. The van der Waals surface area contributed by atoms with Gasteiger partial charge in [-0.3, -0.25) is 0 Å². The lowest BCUT2D eigenvalue weighted by Gasteiger charge is -2.38. The molecule has 2 nitrogen and oxygen atoms in total. The number of piperidine rings is 1. The van der Waals surface area contributed by atoms with Crippen LogP contribution in [0.3, 0.4) is 0 Å². The fourth-order valence-corrected chi connectivity index (χ4v) is 2.95. The summed E-state index contributed by atoms with van der Waals surface area (Å²) in [6.07, 6.45) is 11.3. The Balaban J connectivity index is 1.65. The van der Waals surface area contributed by atoms with Crippen LogP contribution in [0.4, 0.5) is 0 Å². The van der Waals surface area contributed by atoms with Gasteiger partial charge in [0.05, 0.1) is 0 Å². The van der Waals surface area contributed by atoms with Gasteiger partial charge in [-0.15, -0.1) is 0 Å².